The van der Waals surface area contributed by atoms with Crippen molar-refractivity contribution in [1.82, 2.24) is 14.1 Å². The molecule has 0 amide bonds. The maximum Gasteiger partial charge on any atom is 0.145 e. The van der Waals surface area contributed by atoms with Gasteiger partial charge in [-0.2, -0.15) is 0 Å². The number of para-hydroxylation sites is 4. The van der Waals surface area contributed by atoms with E-state index in [1.807, 2.05) is 30.5 Å². The second kappa shape index (κ2) is 11.8. The van der Waals surface area contributed by atoms with Crippen molar-refractivity contribution in [2.75, 3.05) is 0 Å². The van der Waals surface area contributed by atoms with E-state index in [9.17, 15) is 0 Å². The van der Waals surface area contributed by atoms with Gasteiger partial charge in [-0.1, -0.05) is 97.1 Å². The average molecular weight is 742 g/mol. The first-order valence-corrected chi connectivity index (χ1v) is 19.6. The van der Waals surface area contributed by atoms with Gasteiger partial charge in [-0.25, -0.2) is 0 Å². The quantitative estimate of drug-likeness (QED) is 0.180. The van der Waals surface area contributed by atoms with E-state index in [1.54, 1.807) is 0 Å². The number of pyridine rings is 1. The Morgan fingerprint density at radius 3 is 1.41 bits per heavy atom. The highest BCUT2D eigenvalue weighted by molar-refractivity contribution is 6.25. The second-order valence-electron chi connectivity index (χ2n) is 15.1. The molecule has 0 aliphatic rings. The van der Waals surface area contributed by atoms with Crippen LogP contribution in [0.4, 0.5) is 0 Å². The Bertz CT molecular complexity index is 3570. The maximum atomic E-state index is 6.55. The predicted octanol–water partition coefficient (Wildman–Crippen LogP) is 14.4. The van der Waals surface area contributed by atoms with Gasteiger partial charge in [0.25, 0.3) is 0 Å². The Kier molecular flexibility index (Phi) is 6.38. The van der Waals surface area contributed by atoms with Gasteiger partial charge in [0.05, 0.1) is 38.5 Å². The van der Waals surface area contributed by atoms with Crippen LogP contribution in [0.15, 0.2) is 197 Å². The van der Waals surface area contributed by atoms with Crippen LogP contribution in [-0.2, 0) is 0 Å². The second-order valence-corrected chi connectivity index (χ2v) is 15.1. The number of nitrogens with zero attached hydrogens (tertiary/aromatic N) is 3. The molecule has 0 fully saturated rings. The Hall–Kier alpha value is -7.89. The molecule has 0 atom stereocenters. The summed E-state index contributed by atoms with van der Waals surface area (Å²) >= 11 is 0. The topological polar surface area (TPSA) is 49.0 Å². The number of hydrogen-bond acceptors (Lipinski definition) is 3. The fraction of sp³-hybridized carbons (Fsp3) is 0. The Balaban J connectivity index is 0.933. The lowest BCUT2D eigenvalue weighted by molar-refractivity contribution is 0.672. The van der Waals surface area contributed by atoms with Crippen LogP contribution in [0.25, 0.3) is 121 Å². The Morgan fingerprint density at radius 2 is 0.828 bits per heavy atom. The maximum absolute atomic E-state index is 6.55. The van der Waals surface area contributed by atoms with Crippen molar-refractivity contribution in [3.8, 4) is 33.8 Å². The zero-order valence-corrected chi connectivity index (χ0v) is 31.1. The van der Waals surface area contributed by atoms with Crippen LogP contribution in [-0.4, -0.2) is 14.1 Å². The SMILES string of the molecule is c1cc(-c2ccnc(-c3cccc(-n4c5ccccc5c5c6oc7ccccc7c6ccc54)c3)c2)cc(-n2c3ccccc3c3c4oc5ccccc5c4ccc32)c1. The molecule has 0 unspecified atom stereocenters. The monoisotopic (exact) mass is 741 g/mol. The third-order valence-corrected chi connectivity index (χ3v) is 12.0. The van der Waals surface area contributed by atoms with Crippen molar-refractivity contribution in [2.24, 2.45) is 0 Å². The highest BCUT2D eigenvalue weighted by atomic mass is 16.3. The van der Waals surface area contributed by atoms with Crippen molar-refractivity contribution in [3.63, 3.8) is 0 Å². The highest BCUT2D eigenvalue weighted by Crippen LogP contribution is 2.43. The van der Waals surface area contributed by atoms with E-state index in [2.05, 4.69) is 167 Å². The zero-order chi connectivity index (χ0) is 37.9. The van der Waals surface area contributed by atoms with Crippen molar-refractivity contribution in [3.05, 3.63) is 188 Å². The van der Waals surface area contributed by atoms with Gasteiger partial charge in [-0.05, 0) is 96.1 Å². The minimum Gasteiger partial charge on any atom is -0.455 e. The molecule has 58 heavy (non-hydrogen) atoms. The predicted molar refractivity (Wildman–Crippen MR) is 238 cm³/mol. The van der Waals surface area contributed by atoms with Gasteiger partial charge >= 0.3 is 0 Å². The first kappa shape index (κ1) is 31.3. The lowest BCUT2D eigenvalue weighted by Gasteiger charge is -2.12. The average Bonchev–Trinajstić information content (AvgIpc) is 4.04. The molecule has 0 N–H and O–H groups in total. The summed E-state index contributed by atoms with van der Waals surface area (Å²) < 4.78 is 17.8. The summed E-state index contributed by atoms with van der Waals surface area (Å²) in [5.74, 6) is 0. The summed E-state index contributed by atoms with van der Waals surface area (Å²) in [6, 6.07) is 64.4. The minimum atomic E-state index is 0.902. The fourth-order valence-electron chi connectivity index (χ4n) is 9.42. The standard InChI is InChI=1S/C53H31N3O2/c1-5-19-44-41(17-1)50-46(25-23-39-37-15-3-7-21-48(37)57-52(39)50)55(44)35-13-9-11-32(29-35)33-27-28-54-43(31-33)34-12-10-14-36(30-34)56-45-20-6-2-18-42(45)51-47(56)26-24-40-38-16-4-8-22-49(38)58-53(40)51/h1-31H. The van der Waals surface area contributed by atoms with E-state index in [-0.39, 0.29) is 0 Å². The van der Waals surface area contributed by atoms with Crippen LogP contribution in [0.2, 0.25) is 0 Å². The van der Waals surface area contributed by atoms with E-state index in [0.717, 1.165) is 116 Å². The van der Waals surface area contributed by atoms with Crippen LogP contribution in [0.5, 0.6) is 0 Å². The molecular formula is C53H31N3O2. The largest absolute Gasteiger partial charge is 0.455 e. The summed E-state index contributed by atoms with van der Waals surface area (Å²) in [7, 11) is 0. The molecule has 0 spiro atoms. The number of rotatable bonds is 4. The van der Waals surface area contributed by atoms with Crippen LogP contribution < -0.4 is 0 Å². The van der Waals surface area contributed by atoms with Gasteiger partial charge in [-0.3, -0.25) is 4.98 Å². The first-order chi connectivity index (χ1) is 28.8. The van der Waals surface area contributed by atoms with E-state index >= 15 is 0 Å². The Labute approximate surface area is 331 Å². The molecule has 0 saturated carbocycles. The summed E-state index contributed by atoms with van der Waals surface area (Å²) in [6.07, 6.45) is 1.92. The summed E-state index contributed by atoms with van der Waals surface area (Å²) in [5, 5.41) is 9.12. The molecule has 0 bridgehead atoms. The number of benzene rings is 8. The summed E-state index contributed by atoms with van der Waals surface area (Å²) in [6.45, 7) is 0. The molecule has 5 aromatic heterocycles. The van der Waals surface area contributed by atoms with Gasteiger partial charge in [0.1, 0.15) is 22.3 Å². The smallest absolute Gasteiger partial charge is 0.145 e. The number of fused-ring (bicyclic) bond motifs is 14. The normalized spacial score (nSPS) is 12.1. The summed E-state index contributed by atoms with van der Waals surface area (Å²) in [5.41, 5.74) is 14.5. The summed E-state index contributed by atoms with van der Waals surface area (Å²) in [4.78, 5) is 4.91. The van der Waals surface area contributed by atoms with Gasteiger partial charge in [0.15, 0.2) is 0 Å². The highest BCUT2D eigenvalue weighted by Gasteiger charge is 2.21. The van der Waals surface area contributed by atoms with Gasteiger partial charge in [0.2, 0.25) is 0 Å². The third-order valence-electron chi connectivity index (χ3n) is 12.0. The van der Waals surface area contributed by atoms with E-state index in [1.165, 1.54) is 5.39 Å². The van der Waals surface area contributed by atoms with Gasteiger partial charge < -0.3 is 18.0 Å². The fourth-order valence-corrected chi connectivity index (χ4v) is 9.42. The zero-order valence-electron chi connectivity index (χ0n) is 31.1. The Morgan fingerprint density at radius 1 is 0.345 bits per heavy atom. The van der Waals surface area contributed by atoms with Crippen LogP contribution in [0.1, 0.15) is 0 Å². The van der Waals surface area contributed by atoms with Gasteiger partial charge in [0, 0.05) is 55.5 Å². The van der Waals surface area contributed by atoms with Crippen molar-refractivity contribution in [1.29, 1.82) is 0 Å². The van der Waals surface area contributed by atoms with E-state index < -0.39 is 0 Å². The molecule has 0 aliphatic carbocycles. The van der Waals surface area contributed by atoms with Crippen molar-refractivity contribution in [2.45, 2.75) is 0 Å². The molecule has 5 heteroatoms. The van der Waals surface area contributed by atoms with Crippen molar-refractivity contribution < 1.29 is 8.83 Å². The van der Waals surface area contributed by atoms with Crippen molar-refractivity contribution >= 4 is 87.5 Å². The molecule has 0 saturated heterocycles. The number of hydrogen-bond donors (Lipinski definition) is 0. The van der Waals surface area contributed by atoms with E-state index in [0.29, 0.717) is 0 Å². The molecule has 5 heterocycles. The molecular weight excluding hydrogens is 711 g/mol. The lowest BCUT2D eigenvalue weighted by Crippen LogP contribution is -1.95. The number of aromatic nitrogens is 3. The van der Waals surface area contributed by atoms with Crippen LogP contribution in [0.3, 0.4) is 0 Å². The van der Waals surface area contributed by atoms with Crippen LogP contribution in [0, 0.1) is 0 Å². The van der Waals surface area contributed by atoms with Crippen LogP contribution >= 0.6 is 0 Å². The molecule has 5 nitrogen and oxygen atoms in total. The molecule has 270 valence electrons. The minimum absolute atomic E-state index is 0.902. The molecule has 13 aromatic rings. The molecule has 13 rings (SSSR count). The molecule has 0 aliphatic heterocycles. The molecule has 0 radical (unpaired) electrons. The van der Waals surface area contributed by atoms with E-state index in [4.69, 9.17) is 13.8 Å². The lowest BCUT2D eigenvalue weighted by atomic mass is 10.0. The number of furan rings is 2. The molecule has 8 aromatic carbocycles. The third kappa shape index (κ3) is 4.38. The van der Waals surface area contributed by atoms with Gasteiger partial charge in [-0.15, -0.1) is 0 Å². The first-order valence-electron chi connectivity index (χ1n) is 19.6.